The molecule has 3 rings (SSSR count). The first kappa shape index (κ1) is 18.6. The zero-order valence-electron chi connectivity index (χ0n) is 15.4. The van der Waals surface area contributed by atoms with Crippen LogP contribution in [0.25, 0.3) is 0 Å². The molecule has 0 radical (unpaired) electrons. The molecule has 0 aliphatic carbocycles. The van der Waals surface area contributed by atoms with Crippen LogP contribution in [0.4, 0.5) is 8.78 Å². The Hall–Kier alpha value is -2.23. The van der Waals surface area contributed by atoms with Gasteiger partial charge in [0.15, 0.2) is 0 Å². The van der Waals surface area contributed by atoms with Crippen LogP contribution in [0, 0.1) is 11.6 Å². The first-order chi connectivity index (χ1) is 12.6. The molecule has 0 saturated heterocycles. The fraction of sp³-hybridized carbons (Fsp3) is 0.409. The molecule has 1 aliphatic rings. The maximum Gasteiger partial charge on any atom is 0.135 e. The predicted octanol–water partition coefficient (Wildman–Crippen LogP) is 6.03. The molecule has 2 aromatic carbocycles. The van der Waals surface area contributed by atoms with Crippen LogP contribution in [-0.4, -0.2) is 12.3 Å². The number of aryl methyl sites for hydroxylation is 1. The van der Waals surface area contributed by atoms with E-state index in [-0.39, 0.29) is 11.6 Å². The number of nitrogens with zero attached hydrogens (tertiary/aromatic N) is 1. The van der Waals surface area contributed by atoms with Crippen LogP contribution in [0.15, 0.2) is 41.4 Å². The average Bonchev–Trinajstić information content (AvgIpc) is 3.09. The third kappa shape index (κ3) is 3.95. The molecule has 1 aliphatic heterocycles. The van der Waals surface area contributed by atoms with Crippen molar-refractivity contribution < 1.29 is 13.5 Å². The second kappa shape index (κ2) is 8.43. The Morgan fingerprint density at radius 3 is 2.58 bits per heavy atom. The normalized spacial score (nSPS) is 16.6. The fourth-order valence-electron chi connectivity index (χ4n) is 3.45. The largest absolute Gasteiger partial charge is 0.494 e. The number of unbranched alkanes of at least 4 members (excludes halogenated alkanes) is 1. The van der Waals surface area contributed by atoms with Gasteiger partial charge in [0.2, 0.25) is 0 Å². The molecule has 1 heterocycles. The highest BCUT2D eigenvalue weighted by Crippen LogP contribution is 2.37. The van der Waals surface area contributed by atoms with Crippen molar-refractivity contribution in [2.24, 2.45) is 4.99 Å². The number of hydrogen-bond acceptors (Lipinski definition) is 2. The Morgan fingerprint density at radius 2 is 1.88 bits per heavy atom. The molecular weight excluding hydrogens is 332 g/mol. The lowest BCUT2D eigenvalue weighted by molar-refractivity contribution is 0.333. The van der Waals surface area contributed by atoms with Crippen LogP contribution in [-0.2, 0) is 6.42 Å². The van der Waals surface area contributed by atoms with Crippen molar-refractivity contribution in [3.8, 4) is 5.75 Å². The van der Waals surface area contributed by atoms with Crippen LogP contribution in [0.3, 0.4) is 0 Å². The summed E-state index contributed by atoms with van der Waals surface area (Å²) in [6.45, 7) is 4.71. The molecule has 0 N–H and O–H groups in total. The maximum absolute atomic E-state index is 14.1. The summed E-state index contributed by atoms with van der Waals surface area (Å²) in [5.74, 6) is -0.265. The van der Waals surface area contributed by atoms with E-state index in [1.54, 1.807) is 0 Å². The smallest absolute Gasteiger partial charge is 0.135 e. The Labute approximate surface area is 153 Å². The van der Waals surface area contributed by atoms with Crippen LogP contribution in [0.5, 0.6) is 5.75 Å². The molecule has 0 bridgehead atoms. The van der Waals surface area contributed by atoms with Crippen LogP contribution in [0.2, 0.25) is 0 Å². The van der Waals surface area contributed by atoms with Gasteiger partial charge in [0, 0.05) is 11.3 Å². The lowest BCUT2D eigenvalue weighted by Crippen LogP contribution is -2.03. The van der Waals surface area contributed by atoms with Crippen molar-refractivity contribution in [1.29, 1.82) is 0 Å². The monoisotopic (exact) mass is 357 g/mol. The Bertz CT molecular complexity index is 780. The van der Waals surface area contributed by atoms with E-state index in [1.807, 2.05) is 6.92 Å². The van der Waals surface area contributed by atoms with Gasteiger partial charge in [-0.15, -0.1) is 0 Å². The second-order valence-corrected chi connectivity index (χ2v) is 6.64. The average molecular weight is 357 g/mol. The second-order valence-electron chi connectivity index (χ2n) is 6.64. The van der Waals surface area contributed by atoms with E-state index in [9.17, 15) is 8.78 Å². The number of aliphatic imine (C=N–C) groups is 1. The van der Waals surface area contributed by atoms with Crippen LogP contribution in [0.1, 0.15) is 62.3 Å². The summed E-state index contributed by atoms with van der Waals surface area (Å²) in [6, 6.07) is 10.1. The topological polar surface area (TPSA) is 21.6 Å². The van der Waals surface area contributed by atoms with E-state index in [4.69, 9.17) is 4.74 Å². The van der Waals surface area contributed by atoms with E-state index in [1.165, 1.54) is 23.8 Å². The van der Waals surface area contributed by atoms with E-state index in [0.29, 0.717) is 18.7 Å². The number of benzene rings is 2. The Balaban J connectivity index is 1.90. The molecule has 0 saturated carbocycles. The third-order valence-electron chi connectivity index (χ3n) is 4.77. The summed E-state index contributed by atoms with van der Waals surface area (Å²) < 4.78 is 34.0. The summed E-state index contributed by atoms with van der Waals surface area (Å²) in [4.78, 5) is 4.64. The lowest BCUT2D eigenvalue weighted by Gasteiger charge is -2.15. The van der Waals surface area contributed by atoms with Gasteiger partial charge in [-0.2, -0.15) is 0 Å². The van der Waals surface area contributed by atoms with Crippen molar-refractivity contribution >= 4 is 5.71 Å². The van der Waals surface area contributed by atoms with Gasteiger partial charge in [-0.05, 0) is 56.4 Å². The highest BCUT2D eigenvalue weighted by molar-refractivity contribution is 6.02. The van der Waals surface area contributed by atoms with Gasteiger partial charge < -0.3 is 4.74 Å². The fourth-order valence-corrected chi connectivity index (χ4v) is 3.45. The molecule has 0 aromatic heterocycles. The van der Waals surface area contributed by atoms with Crippen molar-refractivity contribution in [3.63, 3.8) is 0 Å². The zero-order valence-corrected chi connectivity index (χ0v) is 15.4. The first-order valence-electron chi connectivity index (χ1n) is 9.40. The molecule has 0 amide bonds. The third-order valence-corrected chi connectivity index (χ3v) is 4.77. The number of hydrogen-bond donors (Lipinski definition) is 0. The maximum atomic E-state index is 14.1. The van der Waals surface area contributed by atoms with Gasteiger partial charge in [0.25, 0.3) is 0 Å². The standard InChI is InChI=1S/C22H25F2NO/c1-3-5-7-15-10-11-16(21(14-15)26-4-2)19-12-13-20(25-19)22-17(23)8-6-9-18(22)24/h6,8-11,14,19H,3-5,7,12-13H2,1-2H3/t19-/m0/s1. The van der Waals surface area contributed by atoms with Gasteiger partial charge in [-0.25, -0.2) is 8.78 Å². The molecule has 138 valence electrons. The van der Waals surface area contributed by atoms with E-state index >= 15 is 0 Å². The number of halogens is 2. The minimum absolute atomic E-state index is 0.00697. The summed E-state index contributed by atoms with van der Waals surface area (Å²) in [7, 11) is 0. The molecule has 4 heteroatoms. The molecule has 0 unspecified atom stereocenters. The van der Waals surface area contributed by atoms with E-state index < -0.39 is 11.6 Å². The molecule has 2 nitrogen and oxygen atoms in total. The lowest BCUT2D eigenvalue weighted by atomic mass is 9.99. The molecular formula is C22H25F2NO. The summed E-state index contributed by atoms with van der Waals surface area (Å²) >= 11 is 0. The van der Waals surface area contributed by atoms with Crippen LogP contribution >= 0.6 is 0 Å². The van der Waals surface area contributed by atoms with Crippen molar-refractivity contribution in [1.82, 2.24) is 0 Å². The van der Waals surface area contributed by atoms with Gasteiger partial charge in [-0.3, -0.25) is 4.99 Å². The number of rotatable bonds is 7. The van der Waals surface area contributed by atoms with Gasteiger partial charge in [0.05, 0.1) is 18.2 Å². The predicted molar refractivity (Wildman–Crippen MR) is 101 cm³/mol. The van der Waals surface area contributed by atoms with Gasteiger partial charge >= 0.3 is 0 Å². The minimum atomic E-state index is -0.552. The Morgan fingerprint density at radius 1 is 1.12 bits per heavy atom. The molecule has 0 fully saturated rings. The SMILES string of the molecule is CCCCc1ccc([C@@H]2CCC(c3c(F)cccc3F)=N2)c(OCC)c1. The molecule has 1 atom stereocenters. The highest BCUT2D eigenvalue weighted by atomic mass is 19.1. The van der Waals surface area contributed by atoms with Crippen molar-refractivity contribution in [3.05, 3.63) is 64.7 Å². The molecule has 0 spiro atoms. The summed E-state index contributed by atoms with van der Waals surface area (Å²) in [5, 5.41) is 0. The summed E-state index contributed by atoms with van der Waals surface area (Å²) in [6.07, 6.45) is 4.61. The first-order valence-corrected chi connectivity index (χ1v) is 9.40. The summed E-state index contributed by atoms with van der Waals surface area (Å²) in [5.41, 5.74) is 2.76. The van der Waals surface area contributed by atoms with E-state index in [2.05, 4.69) is 30.1 Å². The van der Waals surface area contributed by atoms with Gasteiger partial charge in [0.1, 0.15) is 17.4 Å². The Kier molecular flexibility index (Phi) is 6.02. The quantitative estimate of drug-likeness (QED) is 0.593. The van der Waals surface area contributed by atoms with E-state index in [0.717, 1.165) is 37.0 Å². The highest BCUT2D eigenvalue weighted by Gasteiger charge is 2.26. The number of ether oxygens (including phenoxy) is 1. The molecule has 2 aromatic rings. The molecule has 26 heavy (non-hydrogen) atoms. The van der Waals surface area contributed by atoms with Crippen molar-refractivity contribution in [2.75, 3.05) is 6.61 Å². The zero-order chi connectivity index (χ0) is 18.5. The minimum Gasteiger partial charge on any atom is -0.494 e. The van der Waals surface area contributed by atoms with Crippen molar-refractivity contribution in [2.45, 2.75) is 52.0 Å². The van der Waals surface area contributed by atoms with Crippen LogP contribution < -0.4 is 4.74 Å². The van der Waals surface area contributed by atoms with Gasteiger partial charge in [-0.1, -0.05) is 31.5 Å².